The van der Waals surface area contributed by atoms with Gasteiger partial charge < -0.3 is 10.6 Å². The summed E-state index contributed by atoms with van der Waals surface area (Å²) in [7, 11) is 0. The highest BCUT2D eigenvalue weighted by molar-refractivity contribution is 6.04. The number of benzene rings is 2. The van der Waals surface area contributed by atoms with Crippen molar-refractivity contribution >= 4 is 17.5 Å². The number of nitrogens with zero attached hydrogens (tertiary/aromatic N) is 2. The molecule has 0 spiro atoms. The van der Waals surface area contributed by atoms with E-state index < -0.39 is 0 Å². The Hall–Kier alpha value is -3.28. The molecule has 0 saturated carbocycles. The summed E-state index contributed by atoms with van der Waals surface area (Å²) in [6, 6.07) is 13.9. The third kappa shape index (κ3) is 4.63. The molecular weight excluding hydrogens is 331 g/mol. The topological polar surface area (TPSA) is 66.9 Å². The lowest BCUT2D eigenvalue weighted by Crippen LogP contribution is -2.14. The van der Waals surface area contributed by atoms with E-state index in [1.165, 1.54) is 24.5 Å². The summed E-state index contributed by atoms with van der Waals surface area (Å²) in [5.41, 5.74) is 3.16. The predicted molar refractivity (Wildman–Crippen MR) is 99.8 cm³/mol. The molecular formula is C20H19FN4O. The van der Waals surface area contributed by atoms with Crippen LogP contribution in [0.3, 0.4) is 0 Å². The Kier molecular flexibility index (Phi) is 5.53. The maximum Gasteiger partial charge on any atom is 0.258 e. The van der Waals surface area contributed by atoms with Gasteiger partial charge in [0.2, 0.25) is 5.95 Å². The Balaban J connectivity index is 1.53. The summed E-state index contributed by atoms with van der Waals surface area (Å²) in [6.07, 6.45) is 3.70. The minimum absolute atomic E-state index is 0.246. The van der Waals surface area contributed by atoms with E-state index in [0.717, 1.165) is 23.2 Å². The molecule has 0 aliphatic heterocycles. The Bertz CT molecular complexity index is 879. The van der Waals surface area contributed by atoms with Gasteiger partial charge in [0.25, 0.3) is 5.91 Å². The smallest absolute Gasteiger partial charge is 0.258 e. The van der Waals surface area contributed by atoms with Crippen molar-refractivity contribution < 1.29 is 9.18 Å². The van der Waals surface area contributed by atoms with Gasteiger partial charge in [-0.2, -0.15) is 0 Å². The zero-order chi connectivity index (χ0) is 18.4. The fourth-order valence-electron chi connectivity index (χ4n) is 2.41. The van der Waals surface area contributed by atoms with Gasteiger partial charge in [-0.15, -0.1) is 0 Å². The maximum atomic E-state index is 12.9. The van der Waals surface area contributed by atoms with Gasteiger partial charge in [-0.3, -0.25) is 4.79 Å². The SMILES string of the molecule is Cc1ccccc1NC(=O)c1cnc(NCCc2ccc(F)cc2)nc1. The number of para-hydroxylation sites is 1. The van der Waals surface area contributed by atoms with Crippen molar-refractivity contribution in [2.24, 2.45) is 0 Å². The summed E-state index contributed by atoms with van der Waals surface area (Å²) in [5, 5.41) is 5.93. The van der Waals surface area contributed by atoms with E-state index in [1.54, 1.807) is 12.1 Å². The molecule has 0 aliphatic rings. The first-order chi connectivity index (χ1) is 12.6. The number of hydrogen-bond acceptors (Lipinski definition) is 4. The van der Waals surface area contributed by atoms with Crippen LogP contribution in [0.1, 0.15) is 21.5 Å². The fourth-order valence-corrected chi connectivity index (χ4v) is 2.41. The molecule has 3 aromatic rings. The van der Waals surface area contributed by atoms with Crippen molar-refractivity contribution in [3.63, 3.8) is 0 Å². The van der Waals surface area contributed by atoms with Gasteiger partial charge in [0.05, 0.1) is 5.56 Å². The third-order valence-electron chi connectivity index (χ3n) is 3.92. The molecule has 1 heterocycles. The zero-order valence-electron chi connectivity index (χ0n) is 14.4. The lowest BCUT2D eigenvalue weighted by Gasteiger charge is -2.08. The molecule has 6 heteroatoms. The molecule has 132 valence electrons. The van der Waals surface area contributed by atoms with Crippen molar-refractivity contribution in [3.05, 3.63) is 83.4 Å². The highest BCUT2D eigenvalue weighted by Crippen LogP contribution is 2.14. The lowest BCUT2D eigenvalue weighted by atomic mass is 10.1. The second-order valence-electron chi connectivity index (χ2n) is 5.87. The van der Waals surface area contributed by atoms with E-state index in [1.807, 2.05) is 31.2 Å². The molecule has 0 saturated heterocycles. The van der Waals surface area contributed by atoms with E-state index in [4.69, 9.17) is 0 Å². The van der Waals surface area contributed by atoms with Gasteiger partial charge in [-0.25, -0.2) is 14.4 Å². The molecule has 0 fully saturated rings. The first kappa shape index (κ1) is 17.5. The van der Waals surface area contributed by atoms with E-state index in [9.17, 15) is 9.18 Å². The molecule has 0 unspecified atom stereocenters. The van der Waals surface area contributed by atoms with Gasteiger partial charge in [0.1, 0.15) is 5.82 Å². The number of halogens is 1. The quantitative estimate of drug-likeness (QED) is 0.709. The highest BCUT2D eigenvalue weighted by Gasteiger charge is 2.09. The van der Waals surface area contributed by atoms with Crippen LogP contribution in [-0.2, 0) is 6.42 Å². The lowest BCUT2D eigenvalue weighted by molar-refractivity contribution is 0.102. The number of carbonyl (C=O) groups is 1. The molecule has 2 N–H and O–H groups in total. The minimum atomic E-state index is -0.253. The molecule has 0 bridgehead atoms. The van der Waals surface area contributed by atoms with Gasteiger partial charge in [0, 0.05) is 24.6 Å². The average Bonchev–Trinajstić information content (AvgIpc) is 2.66. The van der Waals surface area contributed by atoms with Crippen molar-refractivity contribution in [1.29, 1.82) is 0 Å². The number of anilines is 2. The number of aryl methyl sites for hydroxylation is 1. The molecule has 1 amide bonds. The molecule has 0 atom stereocenters. The first-order valence-electron chi connectivity index (χ1n) is 8.29. The van der Waals surface area contributed by atoms with E-state index in [2.05, 4.69) is 20.6 Å². The van der Waals surface area contributed by atoms with Gasteiger partial charge in [-0.1, -0.05) is 30.3 Å². The number of rotatable bonds is 6. The van der Waals surface area contributed by atoms with Crippen LogP contribution < -0.4 is 10.6 Å². The largest absolute Gasteiger partial charge is 0.354 e. The van der Waals surface area contributed by atoms with Gasteiger partial charge in [0.15, 0.2) is 0 Å². The third-order valence-corrected chi connectivity index (χ3v) is 3.92. The Morgan fingerprint density at radius 1 is 1.04 bits per heavy atom. The second kappa shape index (κ2) is 8.20. The average molecular weight is 350 g/mol. The predicted octanol–water partition coefficient (Wildman–Crippen LogP) is 3.83. The molecule has 2 aromatic carbocycles. The number of amides is 1. The van der Waals surface area contributed by atoms with E-state index in [-0.39, 0.29) is 11.7 Å². The van der Waals surface area contributed by atoms with Crippen LogP contribution in [0.4, 0.5) is 16.0 Å². The van der Waals surface area contributed by atoms with Gasteiger partial charge >= 0.3 is 0 Å². The Morgan fingerprint density at radius 3 is 2.42 bits per heavy atom. The van der Waals surface area contributed by atoms with Crippen molar-refractivity contribution in [2.75, 3.05) is 17.2 Å². The summed E-state index contributed by atoms with van der Waals surface area (Å²) in [4.78, 5) is 20.6. The summed E-state index contributed by atoms with van der Waals surface area (Å²) >= 11 is 0. The van der Waals surface area contributed by atoms with E-state index in [0.29, 0.717) is 18.1 Å². The van der Waals surface area contributed by atoms with E-state index >= 15 is 0 Å². The molecule has 26 heavy (non-hydrogen) atoms. The number of nitrogens with one attached hydrogen (secondary N) is 2. The molecule has 3 rings (SSSR count). The maximum absolute atomic E-state index is 12.9. The zero-order valence-corrected chi connectivity index (χ0v) is 14.4. The fraction of sp³-hybridized carbons (Fsp3) is 0.150. The van der Waals surface area contributed by atoms with Crippen LogP contribution in [0.15, 0.2) is 60.9 Å². The number of carbonyl (C=O) groups excluding carboxylic acids is 1. The molecule has 0 aliphatic carbocycles. The molecule has 5 nitrogen and oxygen atoms in total. The monoisotopic (exact) mass is 350 g/mol. The highest BCUT2D eigenvalue weighted by atomic mass is 19.1. The Morgan fingerprint density at radius 2 is 1.73 bits per heavy atom. The summed E-state index contributed by atoms with van der Waals surface area (Å²) in [5.74, 6) is -0.0543. The van der Waals surface area contributed by atoms with Crippen LogP contribution in [0.5, 0.6) is 0 Å². The number of hydrogen-bond donors (Lipinski definition) is 2. The van der Waals surface area contributed by atoms with Crippen LogP contribution in [-0.4, -0.2) is 22.4 Å². The molecule has 1 aromatic heterocycles. The Labute approximate surface area is 151 Å². The minimum Gasteiger partial charge on any atom is -0.354 e. The van der Waals surface area contributed by atoms with Crippen LogP contribution in [0.25, 0.3) is 0 Å². The standard InChI is InChI=1S/C20H19FN4O/c1-14-4-2-3-5-18(14)25-19(26)16-12-23-20(24-13-16)22-11-10-15-6-8-17(21)9-7-15/h2-9,12-13H,10-11H2,1H3,(H,25,26)(H,22,23,24). The second-order valence-corrected chi connectivity index (χ2v) is 5.87. The summed E-state index contributed by atoms with van der Waals surface area (Å²) < 4.78 is 12.9. The normalized spacial score (nSPS) is 10.4. The van der Waals surface area contributed by atoms with Gasteiger partial charge in [-0.05, 0) is 42.7 Å². The van der Waals surface area contributed by atoms with Crippen LogP contribution in [0.2, 0.25) is 0 Å². The van der Waals surface area contributed by atoms with Crippen molar-refractivity contribution in [2.45, 2.75) is 13.3 Å². The van der Waals surface area contributed by atoms with Crippen LogP contribution >= 0.6 is 0 Å². The van der Waals surface area contributed by atoms with Crippen molar-refractivity contribution in [3.8, 4) is 0 Å². The van der Waals surface area contributed by atoms with Crippen molar-refractivity contribution in [1.82, 2.24) is 9.97 Å². The first-order valence-corrected chi connectivity index (χ1v) is 8.29. The number of aromatic nitrogens is 2. The van der Waals surface area contributed by atoms with Crippen LogP contribution in [0, 0.1) is 12.7 Å². The molecule has 0 radical (unpaired) electrons. The summed E-state index contributed by atoms with van der Waals surface area (Å²) in [6.45, 7) is 2.54.